The van der Waals surface area contributed by atoms with Gasteiger partial charge in [-0.05, 0) is 30.7 Å². The van der Waals surface area contributed by atoms with E-state index < -0.39 is 0 Å². The number of hydrogen-bond acceptors (Lipinski definition) is 2. The van der Waals surface area contributed by atoms with Gasteiger partial charge in [0.2, 0.25) is 0 Å². The number of Topliss-reactive ketones (excluding diaryl/α,β-unsaturated/α-hetero) is 1. The Bertz CT molecular complexity index is 362. The standard InChI is InChI=1S/C10H9ClOS/c1-6-9-4-7(11)2-3-8(9)10(12)5-13-6/h2-4,6H,5H2,1H3. The summed E-state index contributed by atoms with van der Waals surface area (Å²) < 4.78 is 0. The molecule has 0 aliphatic carbocycles. The van der Waals surface area contributed by atoms with Crippen LogP contribution in [0.15, 0.2) is 18.2 Å². The Morgan fingerprint density at radius 3 is 3.08 bits per heavy atom. The lowest BCUT2D eigenvalue weighted by Gasteiger charge is -2.20. The first-order valence-corrected chi connectivity index (χ1v) is 5.55. The minimum Gasteiger partial charge on any atom is -0.293 e. The van der Waals surface area contributed by atoms with Crippen molar-refractivity contribution in [2.45, 2.75) is 12.2 Å². The molecule has 0 amide bonds. The van der Waals surface area contributed by atoms with Gasteiger partial charge in [0.25, 0.3) is 0 Å². The van der Waals surface area contributed by atoms with Crippen LogP contribution in [0.25, 0.3) is 0 Å². The quantitative estimate of drug-likeness (QED) is 0.656. The van der Waals surface area contributed by atoms with Crippen LogP contribution in [0.5, 0.6) is 0 Å². The van der Waals surface area contributed by atoms with E-state index in [2.05, 4.69) is 6.92 Å². The summed E-state index contributed by atoms with van der Waals surface area (Å²) in [6, 6.07) is 5.50. The molecule has 0 aromatic heterocycles. The number of carbonyl (C=O) groups excluding carboxylic acids is 1. The van der Waals surface area contributed by atoms with E-state index >= 15 is 0 Å². The van der Waals surface area contributed by atoms with Crippen molar-refractivity contribution in [2.75, 3.05) is 5.75 Å². The third-order valence-corrected chi connectivity index (χ3v) is 3.63. The van der Waals surface area contributed by atoms with Crippen LogP contribution in [0.3, 0.4) is 0 Å². The number of benzene rings is 1. The summed E-state index contributed by atoms with van der Waals surface area (Å²) >= 11 is 7.54. The van der Waals surface area contributed by atoms with E-state index in [-0.39, 0.29) is 5.78 Å². The van der Waals surface area contributed by atoms with Gasteiger partial charge in [-0.2, -0.15) is 0 Å². The van der Waals surface area contributed by atoms with E-state index in [9.17, 15) is 4.79 Å². The first-order valence-electron chi connectivity index (χ1n) is 4.13. The van der Waals surface area contributed by atoms with Gasteiger partial charge >= 0.3 is 0 Å². The molecule has 1 aromatic rings. The predicted molar refractivity (Wildman–Crippen MR) is 56.7 cm³/mol. The molecule has 2 rings (SSSR count). The maximum atomic E-state index is 11.5. The van der Waals surface area contributed by atoms with Gasteiger partial charge in [0.05, 0.1) is 5.75 Å². The summed E-state index contributed by atoms with van der Waals surface area (Å²) in [5.41, 5.74) is 1.92. The molecule has 0 fully saturated rings. The largest absolute Gasteiger partial charge is 0.293 e. The predicted octanol–water partition coefficient (Wildman–Crippen LogP) is 3.33. The maximum Gasteiger partial charge on any atom is 0.173 e. The van der Waals surface area contributed by atoms with E-state index in [1.807, 2.05) is 12.1 Å². The van der Waals surface area contributed by atoms with Crippen molar-refractivity contribution in [1.82, 2.24) is 0 Å². The normalized spacial score (nSPS) is 21.4. The van der Waals surface area contributed by atoms with Gasteiger partial charge in [0.1, 0.15) is 0 Å². The lowest BCUT2D eigenvalue weighted by molar-refractivity contribution is 0.102. The van der Waals surface area contributed by atoms with Crippen molar-refractivity contribution in [3.8, 4) is 0 Å². The average Bonchev–Trinajstić information content (AvgIpc) is 2.12. The minimum atomic E-state index is 0.217. The van der Waals surface area contributed by atoms with Crippen LogP contribution >= 0.6 is 23.4 Å². The van der Waals surface area contributed by atoms with Gasteiger partial charge in [0, 0.05) is 15.8 Å². The Kier molecular flexibility index (Phi) is 2.35. The Hall–Kier alpha value is -0.470. The van der Waals surface area contributed by atoms with E-state index in [1.165, 1.54) is 0 Å². The zero-order valence-electron chi connectivity index (χ0n) is 7.21. The fourth-order valence-corrected chi connectivity index (χ4v) is 2.60. The number of hydrogen-bond donors (Lipinski definition) is 0. The van der Waals surface area contributed by atoms with Crippen molar-refractivity contribution in [2.24, 2.45) is 0 Å². The highest BCUT2D eigenvalue weighted by Gasteiger charge is 2.22. The fourth-order valence-electron chi connectivity index (χ4n) is 1.49. The lowest BCUT2D eigenvalue weighted by atomic mass is 10.0. The number of thioether (sulfide) groups is 1. The van der Waals surface area contributed by atoms with E-state index in [0.29, 0.717) is 16.0 Å². The zero-order chi connectivity index (χ0) is 9.42. The average molecular weight is 213 g/mol. The molecular formula is C10H9ClOS. The SMILES string of the molecule is CC1SCC(=O)c2ccc(Cl)cc21. The number of halogens is 1. The first-order chi connectivity index (χ1) is 6.18. The monoisotopic (exact) mass is 212 g/mol. The smallest absolute Gasteiger partial charge is 0.173 e. The molecule has 1 nitrogen and oxygen atoms in total. The highest BCUT2D eigenvalue weighted by molar-refractivity contribution is 8.00. The Labute approximate surface area is 86.5 Å². The molecule has 1 aromatic carbocycles. The summed E-state index contributed by atoms with van der Waals surface area (Å²) in [7, 11) is 0. The summed E-state index contributed by atoms with van der Waals surface area (Å²) in [6.07, 6.45) is 0. The summed E-state index contributed by atoms with van der Waals surface area (Å²) in [5, 5.41) is 1.09. The molecule has 0 saturated heterocycles. The molecule has 13 heavy (non-hydrogen) atoms. The van der Waals surface area contributed by atoms with E-state index in [0.717, 1.165) is 11.1 Å². The van der Waals surface area contributed by atoms with Crippen LogP contribution in [0, 0.1) is 0 Å². The number of fused-ring (bicyclic) bond motifs is 1. The van der Waals surface area contributed by atoms with Crippen LogP contribution in [0.1, 0.15) is 28.1 Å². The Balaban J connectivity index is 2.57. The van der Waals surface area contributed by atoms with Crippen molar-refractivity contribution in [3.63, 3.8) is 0 Å². The van der Waals surface area contributed by atoms with Gasteiger partial charge in [-0.1, -0.05) is 11.6 Å². The van der Waals surface area contributed by atoms with E-state index in [1.54, 1.807) is 17.8 Å². The van der Waals surface area contributed by atoms with Crippen LogP contribution in [0.2, 0.25) is 5.02 Å². The zero-order valence-corrected chi connectivity index (χ0v) is 8.78. The molecular weight excluding hydrogens is 204 g/mol. The van der Waals surface area contributed by atoms with Crippen LogP contribution < -0.4 is 0 Å². The van der Waals surface area contributed by atoms with Crippen LogP contribution in [0.4, 0.5) is 0 Å². The summed E-state index contributed by atoms with van der Waals surface area (Å²) in [5.74, 6) is 0.810. The Morgan fingerprint density at radius 2 is 2.31 bits per heavy atom. The third kappa shape index (κ3) is 1.61. The molecule has 68 valence electrons. The minimum absolute atomic E-state index is 0.217. The van der Waals surface area contributed by atoms with Gasteiger partial charge in [-0.15, -0.1) is 11.8 Å². The fraction of sp³-hybridized carbons (Fsp3) is 0.300. The number of carbonyl (C=O) groups is 1. The molecule has 1 unspecified atom stereocenters. The molecule has 0 saturated carbocycles. The van der Waals surface area contributed by atoms with Crippen molar-refractivity contribution in [3.05, 3.63) is 34.3 Å². The summed E-state index contributed by atoms with van der Waals surface area (Å²) in [6.45, 7) is 2.10. The van der Waals surface area contributed by atoms with E-state index in [4.69, 9.17) is 11.6 Å². The number of ketones is 1. The molecule has 1 heterocycles. The molecule has 1 atom stereocenters. The van der Waals surface area contributed by atoms with Crippen LogP contribution in [-0.2, 0) is 0 Å². The van der Waals surface area contributed by atoms with Gasteiger partial charge in [0.15, 0.2) is 5.78 Å². The maximum absolute atomic E-state index is 11.5. The topological polar surface area (TPSA) is 17.1 Å². The van der Waals surface area contributed by atoms with Crippen molar-refractivity contribution < 1.29 is 4.79 Å². The number of rotatable bonds is 0. The second kappa shape index (κ2) is 3.35. The Morgan fingerprint density at radius 1 is 1.54 bits per heavy atom. The molecule has 0 radical (unpaired) electrons. The second-order valence-corrected chi connectivity index (χ2v) is 4.87. The molecule has 3 heteroatoms. The second-order valence-electron chi connectivity index (χ2n) is 3.11. The van der Waals surface area contributed by atoms with Gasteiger partial charge < -0.3 is 0 Å². The van der Waals surface area contributed by atoms with Crippen LogP contribution in [-0.4, -0.2) is 11.5 Å². The molecule has 0 N–H and O–H groups in total. The van der Waals surface area contributed by atoms with Crippen molar-refractivity contribution >= 4 is 29.1 Å². The van der Waals surface area contributed by atoms with Gasteiger partial charge in [-0.25, -0.2) is 0 Å². The lowest BCUT2D eigenvalue weighted by Crippen LogP contribution is -2.13. The molecule has 0 spiro atoms. The first kappa shape index (κ1) is 9.10. The molecule has 1 aliphatic heterocycles. The highest BCUT2D eigenvalue weighted by atomic mass is 35.5. The summed E-state index contributed by atoms with van der Waals surface area (Å²) in [4.78, 5) is 11.5. The van der Waals surface area contributed by atoms with Gasteiger partial charge in [-0.3, -0.25) is 4.79 Å². The highest BCUT2D eigenvalue weighted by Crippen LogP contribution is 2.37. The van der Waals surface area contributed by atoms with Crippen molar-refractivity contribution in [1.29, 1.82) is 0 Å². The molecule has 1 aliphatic rings. The molecule has 0 bridgehead atoms. The third-order valence-electron chi connectivity index (χ3n) is 2.22.